The normalized spacial score (nSPS) is 23.5. The monoisotopic (exact) mass is 464 g/mol. The molecule has 0 spiro atoms. The van der Waals surface area contributed by atoms with Gasteiger partial charge in [-0.25, -0.2) is 8.42 Å². The van der Waals surface area contributed by atoms with Gasteiger partial charge in [-0.05, 0) is 35.2 Å². The van der Waals surface area contributed by atoms with Crippen LogP contribution in [0.2, 0.25) is 5.02 Å². The Labute approximate surface area is 189 Å². The summed E-state index contributed by atoms with van der Waals surface area (Å²) in [6, 6.07) is 12.2. The zero-order valence-electron chi connectivity index (χ0n) is 18.2. The van der Waals surface area contributed by atoms with Gasteiger partial charge in [-0.15, -0.1) is 0 Å². The molecule has 2 aromatic rings. The van der Waals surface area contributed by atoms with Gasteiger partial charge >= 0.3 is 0 Å². The predicted molar refractivity (Wildman–Crippen MR) is 123 cm³/mol. The van der Waals surface area contributed by atoms with Gasteiger partial charge in [0.15, 0.2) is 6.73 Å². The van der Waals surface area contributed by atoms with E-state index < -0.39 is 14.7 Å². The molecule has 2 heterocycles. The van der Waals surface area contributed by atoms with Crippen LogP contribution in [0.15, 0.2) is 47.4 Å². The summed E-state index contributed by atoms with van der Waals surface area (Å²) in [5.41, 5.74) is 2.54. The third kappa shape index (κ3) is 4.27. The lowest BCUT2D eigenvalue weighted by Gasteiger charge is -2.52. The second kappa shape index (κ2) is 8.14. The van der Waals surface area contributed by atoms with Crippen LogP contribution in [0.4, 0.5) is 5.69 Å². The number of quaternary nitrogens is 1. The molecule has 2 aromatic carbocycles. The lowest BCUT2D eigenvalue weighted by molar-refractivity contribution is 0.000172. The van der Waals surface area contributed by atoms with E-state index in [9.17, 15) is 13.6 Å². The first-order valence-corrected chi connectivity index (χ1v) is 12.4. The summed E-state index contributed by atoms with van der Waals surface area (Å²) in [5, 5.41) is 14.3. The van der Waals surface area contributed by atoms with Crippen molar-refractivity contribution in [2.24, 2.45) is 0 Å². The molecule has 2 aliphatic heterocycles. The van der Waals surface area contributed by atoms with Gasteiger partial charge < -0.3 is 14.6 Å². The number of hydrogen-bond donors (Lipinski definition) is 0. The highest BCUT2D eigenvalue weighted by Gasteiger charge is 2.40. The minimum absolute atomic E-state index is 0.0381. The molecule has 0 radical (unpaired) electrons. The summed E-state index contributed by atoms with van der Waals surface area (Å²) in [6.07, 6.45) is 0.961. The first-order valence-electron chi connectivity index (χ1n) is 10.6. The Morgan fingerprint density at radius 2 is 1.74 bits per heavy atom. The summed E-state index contributed by atoms with van der Waals surface area (Å²) in [5.74, 6) is 0. The minimum atomic E-state index is -3.59. The fourth-order valence-corrected chi connectivity index (χ4v) is 6.14. The lowest BCUT2D eigenvalue weighted by Crippen LogP contribution is -2.59. The number of rotatable bonds is 3. The zero-order valence-corrected chi connectivity index (χ0v) is 19.7. The average Bonchev–Trinajstić information content (AvgIpc) is 2.73. The first kappa shape index (κ1) is 22.7. The fraction of sp³-hybridized carbons (Fsp3) is 0.478. The third-order valence-corrected chi connectivity index (χ3v) is 8.51. The molecule has 0 bridgehead atoms. The largest absolute Gasteiger partial charge is 0.625 e. The molecule has 0 amide bonds. The van der Waals surface area contributed by atoms with Crippen LogP contribution in [-0.2, 0) is 26.8 Å². The maximum Gasteiger partial charge on any atom is 0.243 e. The highest BCUT2D eigenvalue weighted by Crippen LogP contribution is 2.39. The van der Waals surface area contributed by atoms with Crippen molar-refractivity contribution in [2.45, 2.75) is 56.6 Å². The SMILES string of the molecule is CC(C)(C)c1ccc(S(=O)(=O)N2CCC([N+]3([O-])COCc4cc(Cl)ccc43)CC2)cc1. The van der Waals surface area contributed by atoms with E-state index in [2.05, 4.69) is 20.8 Å². The summed E-state index contributed by atoms with van der Waals surface area (Å²) >= 11 is 6.08. The van der Waals surface area contributed by atoms with Crippen LogP contribution in [0.25, 0.3) is 0 Å². The quantitative estimate of drug-likeness (QED) is 0.484. The molecule has 8 heteroatoms. The predicted octanol–water partition coefficient (Wildman–Crippen LogP) is 4.78. The Bertz CT molecular complexity index is 1060. The second-order valence-electron chi connectivity index (χ2n) is 9.46. The van der Waals surface area contributed by atoms with Crippen LogP contribution >= 0.6 is 11.6 Å². The number of nitrogens with zero attached hydrogens (tertiary/aromatic N) is 2. The number of hydroxylamine groups is 2. The Kier molecular flexibility index (Phi) is 5.96. The molecule has 0 saturated carbocycles. The molecule has 1 atom stereocenters. The van der Waals surface area contributed by atoms with E-state index in [-0.39, 0.29) is 18.2 Å². The summed E-state index contributed by atoms with van der Waals surface area (Å²) in [4.78, 5) is 0.297. The Morgan fingerprint density at radius 1 is 1.10 bits per heavy atom. The molecule has 1 fully saturated rings. The maximum absolute atomic E-state index is 13.8. The summed E-state index contributed by atoms with van der Waals surface area (Å²) < 4.78 is 32.8. The van der Waals surface area contributed by atoms with E-state index in [0.717, 1.165) is 11.1 Å². The van der Waals surface area contributed by atoms with Crippen LogP contribution in [0, 0.1) is 5.21 Å². The number of halogens is 1. The summed E-state index contributed by atoms with van der Waals surface area (Å²) in [6.45, 7) is 7.34. The van der Waals surface area contributed by atoms with Gasteiger partial charge in [0.25, 0.3) is 0 Å². The van der Waals surface area contributed by atoms with Gasteiger partial charge in [0, 0.05) is 42.6 Å². The van der Waals surface area contributed by atoms with Gasteiger partial charge in [-0.2, -0.15) is 4.31 Å². The van der Waals surface area contributed by atoms with Gasteiger partial charge in [0.1, 0.15) is 5.69 Å². The Hall–Kier alpha value is -1.48. The lowest BCUT2D eigenvalue weighted by atomic mass is 9.87. The third-order valence-electron chi connectivity index (χ3n) is 6.36. The number of piperidine rings is 1. The van der Waals surface area contributed by atoms with E-state index >= 15 is 0 Å². The molecule has 0 aliphatic carbocycles. The average molecular weight is 465 g/mol. The number of hydrogen-bond acceptors (Lipinski definition) is 4. The van der Waals surface area contributed by atoms with Crippen molar-refractivity contribution >= 4 is 27.3 Å². The van der Waals surface area contributed by atoms with Gasteiger partial charge in [0.2, 0.25) is 10.0 Å². The number of fused-ring (bicyclic) bond motifs is 1. The zero-order chi connectivity index (χ0) is 22.4. The van der Waals surface area contributed by atoms with Crippen molar-refractivity contribution in [1.82, 2.24) is 8.95 Å². The van der Waals surface area contributed by atoms with E-state index in [1.807, 2.05) is 12.1 Å². The van der Waals surface area contributed by atoms with Crippen LogP contribution in [0.1, 0.15) is 44.7 Å². The van der Waals surface area contributed by atoms with Crippen molar-refractivity contribution in [3.8, 4) is 0 Å². The fourth-order valence-electron chi connectivity index (χ4n) is 4.48. The molecule has 2 aliphatic rings. The highest BCUT2D eigenvalue weighted by molar-refractivity contribution is 7.89. The van der Waals surface area contributed by atoms with E-state index in [0.29, 0.717) is 48.1 Å². The van der Waals surface area contributed by atoms with Crippen molar-refractivity contribution in [1.29, 1.82) is 0 Å². The molecule has 1 saturated heterocycles. The van der Waals surface area contributed by atoms with Crippen molar-refractivity contribution < 1.29 is 13.2 Å². The topological polar surface area (TPSA) is 69.7 Å². The molecule has 0 aromatic heterocycles. The molecular weight excluding hydrogens is 436 g/mol. The van der Waals surface area contributed by atoms with Gasteiger partial charge in [0.05, 0.1) is 17.5 Å². The molecule has 0 N–H and O–H groups in total. The highest BCUT2D eigenvalue weighted by atomic mass is 35.5. The molecule has 4 rings (SSSR count). The molecule has 31 heavy (non-hydrogen) atoms. The number of sulfonamides is 1. The van der Waals surface area contributed by atoms with Gasteiger partial charge in [-0.1, -0.05) is 44.5 Å². The number of benzene rings is 2. The first-order chi connectivity index (χ1) is 14.5. The maximum atomic E-state index is 13.8. The van der Waals surface area contributed by atoms with E-state index in [1.54, 1.807) is 30.3 Å². The van der Waals surface area contributed by atoms with Crippen LogP contribution in [0.3, 0.4) is 0 Å². The van der Waals surface area contributed by atoms with Crippen LogP contribution in [0.5, 0.6) is 0 Å². The standard InChI is InChI=1S/C23H29ClN2O4S/c1-23(2,3)18-4-7-21(8-5-18)31(28,29)25-12-10-20(11-13-25)26(27)16-30-15-17-14-19(24)6-9-22(17)26/h4-9,14,20H,10-13,15-16H2,1-3H3. The Balaban J connectivity index is 1.50. The summed E-state index contributed by atoms with van der Waals surface area (Å²) in [7, 11) is -3.59. The molecular formula is C23H29ClN2O4S. The van der Waals surface area contributed by atoms with Crippen molar-refractivity contribution in [2.75, 3.05) is 19.8 Å². The molecule has 168 valence electrons. The smallest absolute Gasteiger partial charge is 0.243 e. The van der Waals surface area contributed by atoms with Crippen LogP contribution < -0.4 is 4.65 Å². The van der Waals surface area contributed by atoms with Gasteiger partial charge in [-0.3, -0.25) is 0 Å². The minimum Gasteiger partial charge on any atom is -0.625 e. The van der Waals surface area contributed by atoms with Crippen molar-refractivity contribution in [3.63, 3.8) is 0 Å². The second-order valence-corrected chi connectivity index (χ2v) is 11.8. The van der Waals surface area contributed by atoms with E-state index in [1.165, 1.54) is 4.31 Å². The van der Waals surface area contributed by atoms with E-state index in [4.69, 9.17) is 16.3 Å². The van der Waals surface area contributed by atoms with Crippen LogP contribution in [-0.4, -0.2) is 38.6 Å². The van der Waals surface area contributed by atoms with Crippen molar-refractivity contribution in [3.05, 3.63) is 63.8 Å². The Morgan fingerprint density at radius 3 is 2.35 bits per heavy atom. The number of ether oxygens (including phenoxy) is 1. The molecule has 6 nitrogen and oxygen atoms in total. The molecule has 1 unspecified atom stereocenters.